The fraction of sp³-hybridized carbons (Fsp3) is 0.538. The van der Waals surface area contributed by atoms with Crippen molar-refractivity contribution in [1.29, 1.82) is 0 Å². The van der Waals surface area contributed by atoms with Crippen LogP contribution in [-0.4, -0.2) is 23.8 Å². The molecular formula is C13H17NO2. The summed E-state index contributed by atoms with van der Waals surface area (Å²) in [5.74, 6) is -0.605. The highest BCUT2D eigenvalue weighted by atomic mass is 16.7. The van der Waals surface area contributed by atoms with Crippen molar-refractivity contribution in [2.75, 3.05) is 13.1 Å². The molecule has 1 saturated heterocycles. The Hall–Kier alpha value is -1.38. The van der Waals surface area contributed by atoms with E-state index in [0.717, 1.165) is 6.54 Å². The van der Waals surface area contributed by atoms with Gasteiger partial charge in [-0.1, -0.05) is 0 Å². The van der Waals surface area contributed by atoms with Crippen LogP contribution in [-0.2, 0) is 9.47 Å². The van der Waals surface area contributed by atoms with Gasteiger partial charge in [0.1, 0.15) is 12.5 Å². The summed E-state index contributed by atoms with van der Waals surface area (Å²) in [7, 11) is 0. The van der Waals surface area contributed by atoms with Gasteiger partial charge in [0.25, 0.3) is 5.79 Å². The Morgan fingerprint density at radius 1 is 1.31 bits per heavy atom. The molecule has 0 aromatic carbocycles. The van der Waals surface area contributed by atoms with Crippen LogP contribution < -0.4 is 0 Å². The number of hydrogen-bond acceptors (Lipinski definition) is 3. The second kappa shape index (κ2) is 3.30. The minimum absolute atomic E-state index is 0.605. The molecule has 0 aliphatic carbocycles. The standard InChI is InChI=1S/C13H17NO2/c1-10-9-14-5-3-4-11(14)8-12(10)13(2)15-6-7-16-13/h6-8H,3-5,9H2,1-2H3. The van der Waals surface area contributed by atoms with Crippen molar-refractivity contribution in [2.45, 2.75) is 32.5 Å². The van der Waals surface area contributed by atoms with Gasteiger partial charge in [-0.25, -0.2) is 0 Å². The first-order valence-electron chi connectivity index (χ1n) is 5.85. The topological polar surface area (TPSA) is 21.7 Å². The molecule has 86 valence electrons. The number of allylic oxidation sites excluding steroid dienone is 1. The Bertz CT molecular complexity index is 398. The molecule has 3 aliphatic heterocycles. The number of hydrogen-bond donors (Lipinski definition) is 0. The van der Waals surface area contributed by atoms with Gasteiger partial charge in [-0.15, -0.1) is 0 Å². The molecule has 3 rings (SSSR count). The molecule has 0 bridgehead atoms. The predicted molar refractivity (Wildman–Crippen MR) is 61.3 cm³/mol. The molecule has 0 atom stereocenters. The van der Waals surface area contributed by atoms with E-state index < -0.39 is 5.79 Å². The molecule has 0 N–H and O–H groups in total. The third-order valence-corrected chi connectivity index (χ3v) is 3.60. The van der Waals surface area contributed by atoms with E-state index in [9.17, 15) is 0 Å². The minimum Gasteiger partial charge on any atom is -0.453 e. The van der Waals surface area contributed by atoms with Gasteiger partial charge in [0.2, 0.25) is 0 Å². The Morgan fingerprint density at radius 2 is 2.06 bits per heavy atom. The van der Waals surface area contributed by atoms with Crippen LogP contribution in [0.4, 0.5) is 0 Å². The maximum Gasteiger partial charge on any atom is 0.273 e. The Kier molecular flexibility index (Phi) is 2.03. The molecule has 3 heterocycles. The van der Waals surface area contributed by atoms with E-state index in [0.29, 0.717) is 0 Å². The van der Waals surface area contributed by atoms with Gasteiger partial charge in [-0.3, -0.25) is 0 Å². The van der Waals surface area contributed by atoms with Crippen LogP contribution in [0.15, 0.2) is 35.4 Å². The van der Waals surface area contributed by atoms with Gasteiger partial charge in [0, 0.05) is 31.3 Å². The van der Waals surface area contributed by atoms with Crippen LogP contribution in [0.2, 0.25) is 0 Å². The van der Waals surface area contributed by atoms with E-state index in [4.69, 9.17) is 9.47 Å². The lowest BCUT2D eigenvalue weighted by molar-refractivity contribution is -0.0906. The maximum absolute atomic E-state index is 5.58. The van der Waals surface area contributed by atoms with Crippen LogP contribution >= 0.6 is 0 Å². The van der Waals surface area contributed by atoms with Crippen LogP contribution in [0.1, 0.15) is 26.7 Å². The predicted octanol–water partition coefficient (Wildman–Crippen LogP) is 2.53. The lowest BCUT2D eigenvalue weighted by Gasteiger charge is -2.33. The van der Waals surface area contributed by atoms with Gasteiger partial charge >= 0.3 is 0 Å². The fourth-order valence-electron chi connectivity index (χ4n) is 2.75. The average molecular weight is 219 g/mol. The highest BCUT2D eigenvalue weighted by Gasteiger charge is 2.37. The van der Waals surface area contributed by atoms with Gasteiger partial charge < -0.3 is 14.4 Å². The van der Waals surface area contributed by atoms with Gasteiger partial charge in [0.05, 0.1) is 0 Å². The lowest BCUT2D eigenvalue weighted by Crippen LogP contribution is -2.34. The summed E-state index contributed by atoms with van der Waals surface area (Å²) in [6.45, 7) is 6.35. The molecule has 0 saturated carbocycles. The van der Waals surface area contributed by atoms with E-state index in [1.807, 2.05) is 6.92 Å². The van der Waals surface area contributed by atoms with Crippen molar-refractivity contribution >= 4 is 0 Å². The van der Waals surface area contributed by atoms with E-state index >= 15 is 0 Å². The molecule has 0 spiro atoms. The molecule has 16 heavy (non-hydrogen) atoms. The zero-order valence-corrected chi connectivity index (χ0v) is 9.82. The van der Waals surface area contributed by atoms with Crippen LogP contribution in [0, 0.1) is 0 Å². The zero-order valence-electron chi connectivity index (χ0n) is 9.82. The maximum atomic E-state index is 5.58. The van der Waals surface area contributed by atoms with E-state index in [1.165, 1.54) is 36.2 Å². The van der Waals surface area contributed by atoms with Crippen LogP contribution in [0.3, 0.4) is 0 Å². The molecule has 0 aromatic heterocycles. The highest BCUT2D eigenvalue weighted by Crippen LogP contribution is 2.37. The third kappa shape index (κ3) is 1.34. The van der Waals surface area contributed by atoms with Crippen molar-refractivity contribution in [3.8, 4) is 0 Å². The summed E-state index contributed by atoms with van der Waals surface area (Å²) in [5, 5.41) is 0. The fourth-order valence-corrected chi connectivity index (χ4v) is 2.75. The molecule has 0 aromatic rings. The second-order valence-corrected chi connectivity index (χ2v) is 4.81. The smallest absolute Gasteiger partial charge is 0.273 e. The minimum atomic E-state index is -0.605. The quantitative estimate of drug-likeness (QED) is 0.676. The summed E-state index contributed by atoms with van der Waals surface area (Å²) in [4.78, 5) is 2.45. The van der Waals surface area contributed by atoms with Gasteiger partial charge in [0.15, 0.2) is 0 Å². The Balaban J connectivity index is 1.95. The molecule has 0 radical (unpaired) electrons. The second-order valence-electron chi connectivity index (χ2n) is 4.81. The monoisotopic (exact) mass is 219 g/mol. The van der Waals surface area contributed by atoms with Crippen molar-refractivity contribution in [3.63, 3.8) is 0 Å². The lowest BCUT2D eigenvalue weighted by atomic mass is 9.96. The zero-order chi connectivity index (χ0) is 11.2. The molecule has 0 unspecified atom stereocenters. The Morgan fingerprint density at radius 3 is 2.81 bits per heavy atom. The molecule has 3 nitrogen and oxygen atoms in total. The molecular weight excluding hydrogens is 202 g/mol. The molecule has 3 heteroatoms. The summed E-state index contributed by atoms with van der Waals surface area (Å²) in [6.07, 6.45) is 7.95. The number of rotatable bonds is 1. The number of ether oxygens (including phenoxy) is 2. The summed E-state index contributed by atoms with van der Waals surface area (Å²) in [6, 6.07) is 0. The first-order chi connectivity index (χ1) is 7.69. The van der Waals surface area contributed by atoms with Gasteiger partial charge in [-0.05, 0) is 31.4 Å². The van der Waals surface area contributed by atoms with Crippen molar-refractivity contribution in [1.82, 2.24) is 4.90 Å². The third-order valence-electron chi connectivity index (χ3n) is 3.60. The summed E-state index contributed by atoms with van der Waals surface area (Å²) in [5.41, 5.74) is 3.96. The largest absolute Gasteiger partial charge is 0.453 e. The van der Waals surface area contributed by atoms with E-state index in [-0.39, 0.29) is 0 Å². The van der Waals surface area contributed by atoms with Crippen molar-refractivity contribution in [3.05, 3.63) is 35.4 Å². The normalized spacial score (nSPS) is 26.4. The van der Waals surface area contributed by atoms with Gasteiger partial charge in [-0.2, -0.15) is 0 Å². The van der Waals surface area contributed by atoms with Crippen molar-refractivity contribution in [2.24, 2.45) is 0 Å². The first kappa shape index (κ1) is 9.82. The first-order valence-corrected chi connectivity index (χ1v) is 5.85. The molecule has 1 fully saturated rings. The van der Waals surface area contributed by atoms with E-state index in [1.54, 1.807) is 12.5 Å². The summed E-state index contributed by atoms with van der Waals surface area (Å²) < 4.78 is 11.2. The summed E-state index contributed by atoms with van der Waals surface area (Å²) >= 11 is 0. The number of fused-ring (bicyclic) bond motifs is 1. The Labute approximate surface area is 96.0 Å². The van der Waals surface area contributed by atoms with Crippen molar-refractivity contribution < 1.29 is 9.47 Å². The van der Waals surface area contributed by atoms with Crippen LogP contribution in [0.25, 0.3) is 0 Å². The average Bonchev–Trinajstić information content (AvgIpc) is 2.85. The van der Waals surface area contributed by atoms with Crippen LogP contribution in [0.5, 0.6) is 0 Å². The van der Waals surface area contributed by atoms with E-state index in [2.05, 4.69) is 17.9 Å². The number of nitrogens with zero attached hydrogens (tertiary/aromatic N) is 1. The molecule has 3 aliphatic rings. The molecule has 0 amide bonds. The SMILES string of the molecule is CC1=C(C2(C)OC=CO2)C=C2CCCN2C1. The highest BCUT2D eigenvalue weighted by molar-refractivity contribution is 5.39.